The van der Waals surface area contributed by atoms with Crippen molar-refractivity contribution in [2.45, 2.75) is 103 Å². The first-order valence-corrected chi connectivity index (χ1v) is 11.9. The van der Waals surface area contributed by atoms with E-state index < -0.39 is 59.3 Å². The summed E-state index contributed by atoms with van der Waals surface area (Å²) in [7, 11) is 0. The fourth-order valence-electron chi connectivity index (χ4n) is 2.85. The summed E-state index contributed by atoms with van der Waals surface area (Å²) < 4.78 is 11.0. The smallest absolute Gasteiger partial charge is 0.407 e. The van der Waals surface area contributed by atoms with Gasteiger partial charge in [-0.25, -0.2) is 9.59 Å². The van der Waals surface area contributed by atoms with Crippen LogP contribution in [0.2, 0.25) is 0 Å². The maximum absolute atomic E-state index is 12.8. The minimum Gasteiger partial charge on any atom is -0.480 e. The van der Waals surface area contributed by atoms with Crippen LogP contribution in [0.1, 0.15) is 67.7 Å². The predicted octanol–water partition coefficient (Wildman–Crippen LogP) is 1.20. The van der Waals surface area contributed by atoms with Gasteiger partial charge in [-0.15, -0.1) is 0 Å². The van der Waals surface area contributed by atoms with Gasteiger partial charge in [0.2, 0.25) is 11.8 Å². The Labute approximate surface area is 207 Å². The van der Waals surface area contributed by atoms with Crippen molar-refractivity contribution in [2.24, 2.45) is 5.73 Å². The van der Waals surface area contributed by atoms with Crippen molar-refractivity contribution in [2.75, 3.05) is 12.3 Å². The number of ether oxygens (including phenoxy) is 2. The van der Waals surface area contributed by atoms with Crippen LogP contribution in [-0.4, -0.2) is 76.7 Å². The Morgan fingerprint density at radius 3 is 2.03 bits per heavy atom. The lowest BCUT2D eigenvalue weighted by Crippen LogP contribution is -2.59. The average molecular weight is 507 g/mol. The van der Waals surface area contributed by atoms with Crippen molar-refractivity contribution in [3.8, 4) is 0 Å². The van der Waals surface area contributed by atoms with Gasteiger partial charge < -0.3 is 36.3 Å². The summed E-state index contributed by atoms with van der Waals surface area (Å²) in [4.78, 5) is 48.3. The lowest BCUT2D eigenvalue weighted by atomic mass is 10.1. The molecular weight excluding hydrogens is 464 g/mol. The maximum atomic E-state index is 12.8. The highest BCUT2D eigenvalue weighted by Crippen LogP contribution is 2.14. The Bertz CT molecular complexity index is 692. The number of carboxylic acids is 1. The predicted molar refractivity (Wildman–Crippen MR) is 132 cm³/mol. The number of thiol groups is 1. The third kappa shape index (κ3) is 14.3. The van der Waals surface area contributed by atoms with Crippen molar-refractivity contribution >= 4 is 36.5 Å². The summed E-state index contributed by atoms with van der Waals surface area (Å²) in [6.07, 6.45) is 0.172. The summed E-state index contributed by atoms with van der Waals surface area (Å²) in [6, 6.07) is -3.28. The Kier molecular flexibility index (Phi) is 13.5. The highest BCUT2D eigenvalue weighted by Gasteiger charge is 2.33. The van der Waals surface area contributed by atoms with Gasteiger partial charge in [-0.1, -0.05) is 0 Å². The molecule has 0 unspecified atom stereocenters. The van der Waals surface area contributed by atoms with Crippen LogP contribution in [-0.2, 0) is 23.9 Å². The molecular formula is C22H42N4O7S. The molecule has 6 N–H and O–H groups in total. The standard InChI is InChI=1S/C22H42N4O7S/c1-13(32-21(2,3)4)16(18(28)25-15(12-34)19(29)30)26-17(27)14(23)10-8-9-11-24-20(31)33-22(5,6)7/h13-16,34H,8-12,23H2,1-7H3,(H,24,31)(H,25,28)(H,26,27)(H,29,30)/t13-,14+,15+,16+/m1/s1. The molecule has 0 saturated carbocycles. The van der Waals surface area contributed by atoms with Gasteiger partial charge in [0.15, 0.2) is 0 Å². The van der Waals surface area contributed by atoms with Gasteiger partial charge in [0.05, 0.1) is 17.7 Å². The van der Waals surface area contributed by atoms with Crippen molar-refractivity contribution in [3.63, 3.8) is 0 Å². The molecule has 0 radical (unpaired) electrons. The molecule has 0 heterocycles. The molecule has 4 atom stereocenters. The first-order valence-electron chi connectivity index (χ1n) is 11.3. The van der Waals surface area contributed by atoms with Crippen molar-refractivity contribution in [1.82, 2.24) is 16.0 Å². The number of hydrogen-bond acceptors (Lipinski definition) is 8. The van der Waals surface area contributed by atoms with E-state index in [0.29, 0.717) is 25.8 Å². The van der Waals surface area contributed by atoms with E-state index in [1.165, 1.54) is 0 Å². The first kappa shape index (κ1) is 31.9. The quantitative estimate of drug-likeness (QED) is 0.160. The molecule has 0 spiro atoms. The minimum atomic E-state index is -1.24. The number of rotatable bonds is 13. The molecule has 34 heavy (non-hydrogen) atoms. The molecule has 0 rings (SSSR count). The number of alkyl carbamates (subject to hydrolysis) is 1. The number of nitrogens with one attached hydrogen (secondary N) is 3. The lowest BCUT2D eigenvalue weighted by Gasteiger charge is -2.31. The largest absolute Gasteiger partial charge is 0.480 e. The maximum Gasteiger partial charge on any atom is 0.407 e. The van der Waals surface area contributed by atoms with Gasteiger partial charge >= 0.3 is 12.1 Å². The Morgan fingerprint density at radius 2 is 1.56 bits per heavy atom. The second kappa shape index (κ2) is 14.4. The Balaban J connectivity index is 4.90. The SMILES string of the molecule is C[C@@H](OC(C)(C)C)[C@H](NC(=O)[C@@H](N)CCCCNC(=O)OC(C)(C)C)C(=O)N[C@@H](CS)C(=O)O. The topological polar surface area (TPSA) is 169 Å². The van der Waals surface area contributed by atoms with Gasteiger partial charge in [0.25, 0.3) is 0 Å². The number of unbranched alkanes of at least 4 members (excludes halogenated alkanes) is 1. The van der Waals surface area contributed by atoms with Crippen molar-refractivity contribution < 1.29 is 33.8 Å². The molecule has 0 aliphatic carbocycles. The molecule has 12 heteroatoms. The fraction of sp³-hybridized carbons (Fsp3) is 0.818. The molecule has 0 aromatic carbocycles. The third-order valence-electron chi connectivity index (χ3n) is 4.33. The van der Waals surface area contributed by atoms with Crippen LogP contribution in [0.25, 0.3) is 0 Å². The Morgan fingerprint density at radius 1 is 0.971 bits per heavy atom. The summed E-state index contributed by atoms with van der Waals surface area (Å²) in [5.41, 5.74) is 4.80. The molecule has 3 amide bonds. The van der Waals surface area contributed by atoms with E-state index >= 15 is 0 Å². The fourth-order valence-corrected chi connectivity index (χ4v) is 3.10. The van der Waals surface area contributed by atoms with E-state index in [1.807, 2.05) is 0 Å². The summed E-state index contributed by atoms with van der Waals surface area (Å²) in [5, 5.41) is 16.8. The van der Waals surface area contributed by atoms with E-state index in [0.717, 1.165) is 0 Å². The second-order valence-corrected chi connectivity index (χ2v) is 10.4. The highest BCUT2D eigenvalue weighted by atomic mass is 32.1. The molecule has 0 saturated heterocycles. The second-order valence-electron chi connectivity index (χ2n) is 10.0. The third-order valence-corrected chi connectivity index (χ3v) is 4.70. The van der Waals surface area contributed by atoms with E-state index in [-0.39, 0.29) is 5.75 Å². The van der Waals surface area contributed by atoms with E-state index in [4.69, 9.17) is 15.2 Å². The Hall–Kier alpha value is -2.05. The molecule has 0 aromatic rings. The molecule has 198 valence electrons. The zero-order chi connectivity index (χ0) is 26.7. The van der Waals surface area contributed by atoms with Gasteiger partial charge in [0.1, 0.15) is 17.7 Å². The molecule has 0 fully saturated rings. The summed E-state index contributed by atoms with van der Waals surface area (Å²) >= 11 is 3.94. The number of carbonyl (C=O) groups is 4. The van der Waals surface area contributed by atoms with E-state index in [1.54, 1.807) is 48.5 Å². The lowest BCUT2D eigenvalue weighted by molar-refractivity contribution is -0.144. The van der Waals surface area contributed by atoms with Crippen molar-refractivity contribution in [3.05, 3.63) is 0 Å². The number of carboxylic acid groups (broad SMARTS) is 1. The normalized spacial score (nSPS) is 15.4. The van der Waals surface area contributed by atoms with Crippen LogP contribution >= 0.6 is 12.6 Å². The van der Waals surface area contributed by atoms with Gasteiger partial charge in [-0.3, -0.25) is 9.59 Å². The van der Waals surface area contributed by atoms with Crippen LogP contribution in [0.3, 0.4) is 0 Å². The minimum absolute atomic E-state index is 0.118. The molecule has 11 nitrogen and oxygen atoms in total. The van der Waals surface area contributed by atoms with Gasteiger partial charge in [-0.2, -0.15) is 12.6 Å². The number of hydrogen-bond donors (Lipinski definition) is 6. The zero-order valence-electron chi connectivity index (χ0n) is 21.3. The number of nitrogens with two attached hydrogens (primary N) is 1. The summed E-state index contributed by atoms with van der Waals surface area (Å²) in [5.74, 6) is -2.63. The monoisotopic (exact) mass is 506 g/mol. The molecule has 0 aromatic heterocycles. The molecule has 0 aliphatic heterocycles. The number of carbonyl (C=O) groups excluding carboxylic acids is 3. The summed E-state index contributed by atoms with van der Waals surface area (Å²) in [6.45, 7) is 12.7. The molecule has 0 bridgehead atoms. The van der Waals surface area contributed by atoms with Crippen LogP contribution in [0.4, 0.5) is 4.79 Å². The zero-order valence-corrected chi connectivity index (χ0v) is 22.2. The van der Waals surface area contributed by atoms with E-state index in [9.17, 15) is 24.3 Å². The van der Waals surface area contributed by atoms with E-state index in [2.05, 4.69) is 28.6 Å². The van der Waals surface area contributed by atoms with Crippen LogP contribution in [0.15, 0.2) is 0 Å². The van der Waals surface area contributed by atoms with Crippen LogP contribution in [0.5, 0.6) is 0 Å². The van der Waals surface area contributed by atoms with Crippen molar-refractivity contribution in [1.29, 1.82) is 0 Å². The molecule has 0 aliphatic rings. The van der Waals surface area contributed by atoms with Crippen LogP contribution in [0, 0.1) is 0 Å². The van der Waals surface area contributed by atoms with Gasteiger partial charge in [0, 0.05) is 12.3 Å². The first-order chi connectivity index (χ1) is 15.5. The number of amides is 3. The highest BCUT2D eigenvalue weighted by molar-refractivity contribution is 7.80. The van der Waals surface area contributed by atoms with Gasteiger partial charge in [-0.05, 0) is 67.7 Å². The van der Waals surface area contributed by atoms with Crippen LogP contribution < -0.4 is 21.7 Å². The number of aliphatic carboxylic acids is 1. The average Bonchev–Trinajstić information content (AvgIpc) is 2.66.